The van der Waals surface area contributed by atoms with Crippen molar-refractivity contribution in [3.63, 3.8) is 0 Å². The van der Waals surface area contributed by atoms with Crippen LogP contribution in [0.1, 0.15) is 33.6 Å². The van der Waals surface area contributed by atoms with E-state index in [1.807, 2.05) is 13.8 Å². The molecule has 0 aromatic heterocycles. The topological polar surface area (TPSA) is 29.5 Å². The molecule has 82 valence electrons. The summed E-state index contributed by atoms with van der Waals surface area (Å²) < 4.78 is 5.22. The van der Waals surface area contributed by atoms with Crippen molar-refractivity contribution < 1.29 is 9.53 Å². The number of rotatable bonds is 3. The van der Waals surface area contributed by atoms with Crippen LogP contribution in [0.2, 0.25) is 0 Å². The molecule has 0 spiro atoms. The molecule has 0 bridgehead atoms. The number of hydrogen-bond acceptors (Lipinski definition) is 3. The Morgan fingerprint density at radius 1 is 1.57 bits per heavy atom. The van der Waals surface area contributed by atoms with Gasteiger partial charge in [-0.1, -0.05) is 6.92 Å². The zero-order valence-corrected chi connectivity index (χ0v) is 9.45. The van der Waals surface area contributed by atoms with E-state index in [4.69, 9.17) is 4.74 Å². The second-order valence-electron chi connectivity index (χ2n) is 4.22. The van der Waals surface area contributed by atoms with Gasteiger partial charge >= 0.3 is 5.97 Å². The maximum absolute atomic E-state index is 11.6. The Kier molecular flexibility index (Phi) is 4.39. The van der Waals surface area contributed by atoms with Crippen LogP contribution in [0.15, 0.2) is 0 Å². The van der Waals surface area contributed by atoms with Crippen LogP contribution in [0, 0.1) is 5.92 Å². The van der Waals surface area contributed by atoms with Crippen molar-refractivity contribution in [2.75, 3.05) is 19.6 Å². The number of piperidine rings is 1. The van der Waals surface area contributed by atoms with Gasteiger partial charge in [-0.25, -0.2) is 0 Å². The summed E-state index contributed by atoms with van der Waals surface area (Å²) in [5, 5.41) is 0. The summed E-state index contributed by atoms with van der Waals surface area (Å²) >= 11 is 0. The number of likely N-dealkylation sites (tertiary alicyclic amines) is 1. The van der Waals surface area contributed by atoms with Crippen LogP contribution in [0.4, 0.5) is 0 Å². The van der Waals surface area contributed by atoms with Crippen molar-refractivity contribution in [3.8, 4) is 0 Å². The molecule has 1 heterocycles. The van der Waals surface area contributed by atoms with Crippen LogP contribution in [0.3, 0.4) is 0 Å². The molecule has 1 aliphatic heterocycles. The third-order valence-corrected chi connectivity index (χ3v) is 2.64. The first-order chi connectivity index (χ1) is 6.63. The van der Waals surface area contributed by atoms with Crippen molar-refractivity contribution in [1.82, 2.24) is 4.90 Å². The summed E-state index contributed by atoms with van der Waals surface area (Å²) in [6, 6.07) is 0. The minimum atomic E-state index is -0.0156. The van der Waals surface area contributed by atoms with Crippen LogP contribution in [0.25, 0.3) is 0 Å². The number of ether oxygens (including phenoxy) is 1. The van der Waals surface area contributed by atoms with Crippen molar-refractivity contribution in [2.45, 2.75) is 39.7 Å². The van der Waals surface area contributed by atoms with Gasteiger partial charge in [0.2, 0.25) is 0 Å². The average Bonchev–Trinajstić information content (AvgIpc) is 2.17. The quantitative estimate of drug-likeness (QED) is 0.648. The molecule has 14 heavy (non-hydrogen) atoms. The van der Waals surface area contributed by atoms with Gasteiger partial charge in [0.15, 0.2) is 0 Å². The highest BCUT2D eigenvalue weighted by Gasteiger charge is 2.26. The Morgan fingerprint density at radius 2 is 2.29 bits per heavy atom. The summed E-state index contributed by atoms with van der Waals surface area (Å²) in [7, 11) is 0. The van der Waals surface area contributed by atoms with Crippen LogP contribution in [-0.2, 0) is 9.53 Å². The molecule has 0 aliphatic carbocycles. The van der Waals surface area contributed by atoms with E-state index >= 15 is 0 Å². The third kappa shape index (κ3) is 3.29. The van der Waals surface area contributed by atoms with E-state index in [0.29, 0.717) is 0 Å². The fourth-order valence-electron chi connectivity index (χ4n) is 1.86. The molecule has 1 saturated heterocycles. The van der Waals surface area contributed by atoms with Crippen molar-refractivity contribution in [1.29, 1.82) is 0 Å². The first-order valence-electron chi connectivity index (χ1n) is 5.56. The minimum absolute atomic E-state index is 0.0134. The lowest BCUT2D eigenvalue weighted by Crippen LogP contribution is -2.39. The van der Waals surface area contributed by atoms with Crippen molar-refractivity contribution >= 4 is 5.97 Å². The average molecular weight is 199 g/mol. The first kappa shape index (κ1) is 11.5. The number of carbonyl (C=O) groups excluding carboxylic acids is 1. The Bertz CT molecular complexity index is 192. The summed E-state index contributed by atoms with van der Waals surface area (Å²) in [6.07, 6.45) is 2.12. The molecule has 1 atom stereocenters. The molecule has 0 amide bonds. The fourth-order valence-corrected chi connectivity index (χ4v) is 1.86. The lowest BCUT2D eigenvalue weighted by molar-refractivity contribution is -0.154. The highest BCUT2D eigenvalue weighted by atomic mass is 16.5. The molecule has 1 fully saturated rings. The Morgan fingerprint density at radius 3 is 2.86 bits per heavy atom. The van der Waals surface area contributed by atoms with Gasteiger partial charge in [-0.2, -0.15) is 0 Å². The maximum atomic E-state index is 11.6. The second kappa shape index (κ2) is 5.35. The molecule has 1 aliphatic rings. The van der Waals surface area contributed by atoms with Gasteiger partial charge in [-0.15, -0.1) is 0 Å². The third-order valence-electron chi connectivity index (χ3n) is 2.64. The van der Waals surface area contributed by atoms with Crippen molar-refractivity contribution in [2.24, 2.45) is 5.92 Å². The van der Waals surface area contributed by atoms with Gasteiger partial charge in [0, 0.05) is 6.54 Å². The van der Waals surface area contributed by atoms with E-state index in [2.05, 4.69) is 11.8 Å². The highest BCUT2D eigenvalue weighted by Crippen LogP contribution is 2.17. The van der Waals surface area contributed by atoms with Gasteiger partial charge in [0.05, 0.1) is 12.0 Å². The molecule has 3 nitrogen and oxygen atoms in total. The van der Waals surface area contributed by atoms with Gasteiger partial charge in [-0.3, -0.25) is 4.79 Å². The Hall–Kier alpha value is -0.570. The SMILES string of the molecule is CCN1CCCC(C(=O)OC(C)C)C1. The molecule has 3 heteroatoms. The van der Waals surface area contributed by atoms with Crippen LogP contribution < -0.4 is 0 Å². The summed E-state index contributed by atoms with van der Waals surface area (Å²) in [4.78, 5) is 13.9. The summed E-state index contributed by atoms with van der Waals surface area (Å²) in [5.41, 5.74) is 0. The van der Waals surface area contributed by atoms with Crippen LogP contribution in [0.5, 0.6) is 0 Å². The van der Waals surface area contributed by atoms with E-state index < -0.39 is 0 Å². The lowest BCUT2D eigenvalue weighted by atomic mass is 9.98. The smallest absolute Gasteiger partial charge is 0.310 e. The second-order valence-corrected chi connectivity index (χ2v) is 4.22. The number of nitrogens with zero attached hydrogens (tertiary/aromatic N) is 1. The molecule has 0 aromatic rings. The maximum Gasteiger partial charge on any atom is 0.310 e. The summed E-state index contributed by atoms with van der Waals surface area (Å²) in [5.74, 6) is 0.0873. The standard InChI is InChI=1S/C11H21NO2/c1-4-12-7-5-6-10(8-12)11(13)14-9(2)3/h9-10H,4-8H2,1-3H3. The van der Waals surface area contributed by atoms with E-state index in [1.165, 1.54) is 0 Å². The van der Waals surface area contributed by atoms with Gasteiger partial charge in [-0.05, 0) is 39.8 Å². The van der Waals surface area contributed by atoms with Crippen LogP contribution in [-0.4, -0.2) is 36.6 Å². The molecule has 1 rings (SSSR count). The van der Waals surface area contributed by atoms with E-state index in [0.717, 1.165) is 32.5 Å². The highest BCUT2D eigenvalue weighted by molar-refractivity contribution is 5.73. The van der Waals surface area contributed by atoms with Gasteiger partial charge in [0.25, 0.3) is 0 Å². The first-order valence-corrected chi connectivity index (χ1v) is 5.56. The lowest BCUT2D eigenvalue weighted by Gasteiger charge is -2.30. The predicted molar refractivity (Wildman–Crippen MR) is 56.1 cm³/mol. The number of esters is 1. The van der Waals surface area contributed by atoms with E-state index in [-0.39, 0.29) is 18.0 Å². The van der Waals surface area contributed by atoms with E-state index in [9.17, 15) is 4.79 Å². The zero-order chi connectivity index (χ0) is 10.6. The van der Waals surface area contributed by atoms with Crippen molar-refractivity contribution in [3.05, 3.63) is 0 Å². The summed E-state index contributed by atoms with van der Waals surface area (Å²) in [6.45, 7) is 8.97. The molecular weight excluding hydrogens is 178 g/mol. The molecule has 0 N–H and O–H groups in total. The Balaban J connectivity index is 2.39. The number of hydrogen-bond donors (Lipinski definition) is 0. The largest absolute Gasteiger partial charge is 0.463 e. The minimum Gasteiger partial charge on any atom is -0.463 e. The molecule has 0 saturated carbocycles. The predicted octanol–water partition coefficient (Wildman–Crippen LogP) is 1.67. The fraction of sp³-hybridized carbons (Fsp3) is 0.909. The molecule has 0 aromatic carbocycles. The van der Waals surface area contributed by atoms with Gasteiger partial charge < -0.3 is 9.64 Å². The number of carbonyl (C=O) groups is 1. The van der Waals surface area contributed by atoms with Crippen LogP contribution >= 0.6 is 0 Å². The molecular formula is C11H21NO2. The van der Waals surface area contributed by atoms with Gasteiger partial charge in [0.1, 0.15) is 0 Å². The van der Waals surface area contributed by atoms with E-state index in [1.54, 1.807) is 0 Å². The molecule has 1 unspecified atom stereocenters. The monoisotopic (exact) mass is 199 g/mol. The zero-order valence-electron chi connectivity index (χ0n) is 9.45. The molecule has 0 radical (unpaired) electrons. The Labute approximate surface area is 86.4 Å². The normalized spacial score (nSPS) is 23.9.